The van der Waals surface area contributed by atoms with Crippen LogP contribution in [0.5, 0.6) is 0 Å². The van der Waals surface area contributed by atoms with Crippen molar-refractivity contribution in [2.24, 2.45) is 0 Å². The van der Waals surface area contributed by atoms with Crippen molar-refractivity contribution >= 4 is 12.1 Å². The van der Waals surface area contributed by atoms with Gasteiger partial charge in [-0.25, -0.2) is 4.79 Å². The van der Waals surface area contributed by atoms with Gasteiger partial charge in [-0.3, -0.25) is 0 Å². The fourth-order valence-electron chi connectivity index (χ4n) is 3.35. The van der Waals surface area contributed by atoms with Crippen LogP contribution in [-0.2, 0) is 14.3 Å². The largest absolute Gasteiger partial charge is 0.518 e. The average Bonchev–Trinajstić information content (AvgIpc) is 2.83. The maximum absolute atomic E-state index is 12.5. The highest BCUT2D eigenvalue weighted by Crippen LogP contribution is 2.54. The molecule has 5 nitrogen and oxygen atoms in total. The maximum atomic E-state index is 12.5. The van der Waals surface area contributed by atoms with Gasteiger partial charge in [0.25, 0.3) is 6.04 Å². The number of hydrogen-bond acceptors (Lipinski definition) is 4. The van der Waals surface area contributed by atoms with Crippen LogP contribution in [0.15, 0.2) is 0 Å². The molecule has 0 N–H and O–H groups in total. The van der Waals surface area contributed by atoms with Crippen LogP contribution in [-0.4, -0.2) is 46.9 Å². The molecule has 0 spiro atoms. The highest BCUT2D eigenvalue weighted by Gasteiger charge is 2.81. The second kappa shape index (κ2) is 4.47. The van der Waals surface area contributed by atoms with Gasteiger partial charge in [-0.2, -0.15) is 9.28 Å². The van der Waals surface area contributed by atoms with Crippen LogP contribution in [0.1, 0.15) is 47.5 Å². The Morgan fingerprint density at radius 1 is 1.26 bits per heavy atom. The summed E-state index contributed by atoms with van der Waals surface area (Å²) in [5, 5.41) is 0. The molecule has 5 heteroatoms. The molecule has 2 fully saturated rings. The number of carbonyl (C=O) groups excluding carboxylic acids is 2. The van der Waals surface area contributed by atoms with Crippen LogP contribution in [0.2, 0.25) is 0 Å². The van der Waals surface area contributed by atoms with E-state index in [1.807, 2.05) is 27.7 Å². The second-order valence-electron chi connectivity index (χ2n) is 6.51. The van der Waals surface area contributed by atoms with Gasteiger partial charge in [-0.15, -0.1) is 0 Å². The van der Waals surface area contributed by atoms with Crippen LogP contribution in [0.25, 0.3) is 0 Å². The zero-order valence-electron chi connectivity index (χ0n) is 12.4. The molecule has 0 aromatic heterocycles. The van der Waals surface area contributed by atoms with E-state index in [0.717, 1.165) is 12.8 Å². The van der Waals surface area contributed by atoms with Gasteiger partial charge < -0.3 is 9.47 Å². The highest BCUT2D eigenvalue weighted by molar-refractivity contribution is 5.82. The molecule has 0 aromatic rings. The van der Waals surface area contributed by atoms with E-state index < -0.39 is 5.60 Å². The maximum Gasteiger partial charge on any atom is 0.518 e. The van der Waals surface area contributed by atoms with E-state index in [-0.39, 0.29) is 34.7 Å². The molecule has 19 heavy (non-hydrogen) atoms. The summed E-state index contributed by atoms with van der Waals surface area (Å²) in [7, 11) is 0. The average molecular weight is 270 g/mol. The molecule has 0 aliphatic carbocycles. The minimum Gasteiger partial charge on any atom is -0.461 e. The van der Waals surface area contributed by atoms with Crippen LogP contribution in [0, 0.1) is 0 Å². The van der Waals surface area contributed by atoms with Gasteiger partial charge in [0, 0.05) is 12.8 Å². The van der Waals surface area contributed by atoms with Crippen LogP contribution in [0.4, 0.5) is 4.79 Å². The van der Waals surface area contributed by atoms with Crippen LogP contribution < -0.4 is 0 Å². The number of quaternary nitrogens is 1. The van der Waals surface area contributed by atoms with Crippen molar-refractivity contribution in [3.05, 3.63) is 0 Å². The number of esters is 1. The molecular formula is C14H24NO4+. The molecule has 2 saturated heterocycles. The SMILES string of the molecule is CCOC(=O)C1C2CCC(C)[N+]21C(=O)OC(C)(C)C. The summed E-state index contributed by atoms with van der Waals surface area (Å²) in [6, 6.07) is -0.156. The Bertz CT molecular complexity index is 401. The predicted octanol–water partition coefficient (Wildman–Crippen LogP) is 2.23. The summed E-state index contributed by atoms with van der Waals surface area (Å²) in [5.74, 6) is -0.259. The van der Waals surface area contributed by atoms with Gasteiger partial charge >= 0.3 is 12.1 Å². The number of fused-ring (bicyclic) bond motifs is 1. The Balaban J connectivity index is 2.19. The molecule has 2 aliphatic heterocycles. The Labute approximate surface area is 114 Å². The monoisotopic (exact) mass is 270 g/mol. The van der Waals surface area contributed by atoms with Gasteiger partial charge in [0.05, 0.1) is 12.6 Å². The van der Waals surface area contributed by atoms with E-state index in [0.29, 0.717) is 6.61 Å². The summed E-state index contributed by atoms with van der Waals surface area (Å²) in [4.78, 5) is 24.5. The fraction of sp³-hybridized carbons (Fsp3) is 0.857. The van der Waals surface area contributed by atoms with Gasteiger partial charge in [-0.05, 0) is 34.6 Å². The first kappa shape index (κ1) is 14.3. The normalized spacial score (nSPS) is 36.6. The molecule has 0 radical (unpaired) electrons. The molecule has 2 rings (SSSR count). The van der Waals surface area contributed by atoms with Gasteiger partial charge in [-0.1, -0.05) is 0 Å². The second-order valence-corrected chi connectivity index (χ2v) is 6.51. The standard InChI is InChI=1S/C14H24NO4/c1-6-18-12(16)11-10-8-7-9(2)15(10,11)13(17)19-14(3,4)5/h9-11H,6-8H2,1-5H3/q+1. The number of rotatable bonds is 2. The quantitative estimate of drug-likeness (QED) is 0.438. The molecule has 2 heterocycles. The number of amides is 1. The van der Waals surface area contributed by atoms with Crippen LogP contribution >= 0.6 is 0 Å². The zero-order chi connectivity index (χ0) is 14.4. The predicted molar refractivity (Wildman–Crippen MR) is 69.4 cm³/mol. The van der Waals surface area contributed by atoms with E-state index in [2.05, 4.69) is 0 Å². The Morgan fingerprint density at radius 2 is 1.89 bits per heavy atom. The van der Waals surface area contributed by atoms with Crippen molar-refractivity contribution in [3.63, 3.8) is 0 Å². The van der Waals surface area contributed by atoms with Gasteiger partial charge in [0.2, 0.25) is 0 Å². The molecular weight excluding hydrogens is 246 g/mol. The summed E-state index contributed by atoms with van der Waals surface area (Å²) in [6.07, 6.45) is 1.57. The zero-order valence-corrected chi connectivity index (χ0v) is 12.4. The molecule has 4 atom stereocenters. The first-order valence-electron chi connectivity index (χ1n) is 7.03. The van der Waals surface area contributed by atoms with Crippen LogP contribution in [0.3, 0.4) is 0 Å². The molecule has 2 aliphatic rings. The van der Waals surface area contributed by atoms with Crippen molar-refractivity contribution in [1.29, 1.82) is 0 Å². The first-order chi connectivity index (χ1) is 8.75. The lowest BCUT2D eigenvalue weighted by atomic mass is 10.1. The summed E-state index contributed by atoms with van der Waals surface area (Å²) in [5.41, 5.74) is -0.529. The van der Waals surface area contributed by atoms with Gasteiger partial charge in [0.1, 0.15) is 5.60 Å². The summed E-state index contributed by atoms with van der Waals surface area (Å²) in [6.45, 7) is 9.70. The fourth-order valence-corrected chi connectivity index (χ4v) is 3.35. The smallest absolute Gasteiger partial charge is 0.461 e. The summed E-state index contributed by atoms with van der Waals surface area (Å²) < 4.78 is 10.8. The van der Waals surface area contributed by atoms with Crippen molar-refractivity contribution in [2.75, 3.05) is 6.61 Å². The minimum atomic E-state index is -0.529. The van der Waals surface area contributed by atoms with E-state index >= 15 is 0 Å². The van der Waals surface area contributed by atoms with Crippen molar-refractivity contribution in [3.8, 4) is 0 Å². The number of ether oxygens (including phenoxy) is 2. The Hall–Kier alpha value is -1.10. The van der Waals surface area contributed by atoms with Crippen molar-refractivity contribution in [1.82, 2.24) is 0 Å². The van der Waals surface area contributed by atoms with E-state index in [1.165, 1.54) is 0 Å². The third kappa shape index (κ3) is 2.14. The lowest BCUT2D eigenvalue weighted by Gasteiger charge is -2.25. The Morgan fingerprint density at radius 3 is 2.42 bits per heavy atom. The third-order valence-electron chi connectivity index (χ3n) is 4.13. The van der Waals surface area contributed by atoms with E-state index in [1.54, 1.807) is 6.92 Å². The topological polar surface area (TPSA) is 52.6 Å². The molecule has 0 bridgehead atoms. The van der Waals surface area contributed by atoms with Crippen molar-refractivity contribution in [2.45, 2.75) is 71.2 Å². The number of carbonyl (C=O) groups is 2. The molecule has 0 aromatic carbocycles. The lowest BCUT2D eigenvalue weighted by Crippen LogP contribution is -2.47. The number of nitrogens with zero attached hydrogens (tertiary/aromatic N) is 1. The third-order valence-corrected chi connectivity index (χ3v) is 4.13. The molecule has 1 amide bonds. The van der Waals surface area contributed by atoms with E-state index in [9.17, 15) is 9.59 Å². The highest BCUT2D eigenvalue weighted by atomic mass is 16.6. The number of hydrogen-bond donors (Lipinski definition) is 0. The van der Waals surface area contributed by atoms with E-state index in [4.69, 9.17) is 9.47 Å². The summed E-state index contributed by atoms with van der Waals surface area (Å²) >= 11 is 0. The lowest BCUT2D eigenvalue weighted by molar-refractivity contribution is -0.762. The Kier molecular flexibility index (Phi) is 3.37. The van der Waals surface area contributed by atoms with Crippen molar-refractivity contribution < 1.29 is 23.5 Å². The minimum absolute atomic E-state index is 0.0592. The number of piperidine rings is 1. The van der Waals surface area contributed by atoms with Gasteiger partial charge in [0.15, 0.2) is 6.04 Å². The molecule has 4 unspecified atom stereocenters. The molecule has 0 saturated carbocycles. The first-order valence-corrected chi connectivity index (χ1v) is 7.03. The molecule has 108 valence electrons.